The zero-order chi connectivity index (χ0) is 10.3. The van der Waals surface area contributed by atoms with Crippen molar-refractivity contribution in [1.82, 2.24) is 0 Å². The molecular formula is C12H20O. The predicted octanol–water partition coefficient (Wildman–Crippen LogP) is 3.33. The fraction of sp³-hybridized carbons (Fsp3) is 0.500. The molecule has 0 fully saturated rings. The first kappa shape index (κ1) is 12.2. The van der Waals surface area contributed by atoms with Crippen LogP contribution in [-0.2, 0) is 5.60 Å². The van der Waals surface area contributed by atoms with Crippen LogP contribution < -0.4 is 0 Å². The molecule has 0 aliphatic rings. The Labute approximate surface area is 81.4 Å². The second kappa shape index (κ2) is 5.76. The second-order valence-corrected chi connectivity index (χ2v) is 3.63. The standard InChI is InChI=1S/C9H12O.C3H8/c1-9(2,10)8-6-4-3-5-7-8;1-3-2/h3-7,10H,1-2H3;3H2,1-2H3. The number of aliphatic hydroxyl groups is 1. The Balaban J connectivity index is 0.000000424. The Morgan fingerprint density at radius 3 is 1.69 bits per heavy atom. The van der Waals surface area contributed by atoms with Crippen LogP contribution in [0.2, 0.25) is 0 Å². The summed E-state index contributed by atoms with van der Waals surface area (Å²) in [4.78, 5) is 0. The lowest BCUT2D eigenvalue weighted by molar-refractivity contribution is 0.0786. The molecule has 0 saturated heterocycles. The first-order valence-electron chi connectivity index (χ1n) is 4.80. The van der Waals surface area contributed by atoms with Crippen LogP contribution in [0.1, 0.15) is 39.7 Å². The van der Waals surface area contributed by atoms with E-state index in [2.05, 4.69) is 13.8 Å². The summed E-state index contributed by atoms with van der Waals surface area (Å²) in [5.74, 6) is 0. The molecule has 0 aliphatic heterocycles. The smallest absolute Gasteiger partial charge is 0.0840 e. The maximum absolute atomic E-state index is 9.49. The molecule has 0 spiro atoms. The summed E-state index contributed by atoms with van der Waals surface area (Å²) in [5, 5.41) is 9.49. The highest BCUT2D eigenvalue weighted by molar-refractivity contribution is 5.20. The third kappa shape index (κ3) is 5.42. The molecule has 1 nitrogen and oxygen atoms in total. The fourth-order valence-electron chi connectivity index (χ4n) is 0.846. The molecule has 0 radical (unpaired) electrons. The molecule has 1 aromatic carbocycles. The average molecular weight is 180 g/mol. The van der Waals surface area contributed by atoms with Crippen LogP contribution in [0.25, 0.3) is 0 Å². The summed E-state index contributed by atoms with van der Waals surface area (Å²) in [6.45, 7) is 7.81. The van der Waals surface area contributed by atoms with Crippen molar-refractivity contribution < 1.29 is 5.11 Å². The van der Waals surface area contributed by atoms with Gasteiger partial charge < -0.3 is 5.11 Å². The van der Waals surface area contributed by atoms with E-state index >= 15 is 0 Å². The second-order valence-electron chi connectivity index (χ2n) is 3.63. The van der Waals surface area contributed by atoms with E-state index in [4.69, 9.17) is 0 Å². The molecule has 1 heteroatoms. The normalized spacial score (nSPS) is 10.2. The van der Waals surface area contributed by atoms with Crippen LogP contribution in [-0.4, -0.2) is 5.11 Å². The van der Waals surface area contributed by atoms with Crippen LogP contribution >= 0.6 is 0 Å². The van der Waals surface area contributed by atoms with Gasteiger partial charge in [0.2, 0.25) is 0 Å². The summed E-state index contributed by atoms with van der Waals surface area (Å²) in [7, 11) is 0. The van der Waals surface area contributed by atoms with E-state index in [0.29, 0.717) is 0 Å². The molecule has 0 aliphatic carbocycles. The fourth-order valence-corrected chi connectivity index (χ4v) is 0.846. The Morgan fingerprint density at radius 1 is 1.08 bits per heavy atom. The van der Waals surface area contributed by atoms with Gasteiger partial charge in [0.15, 0.2) is 0 Å². The van der Waals surface area contributed by atoms with Crippen molar-refractivity contribution in [1.29, 1.82) is 0 Å². The van der Waals surface area contributed by atoms with E-state index in [1.54, 1.807) is 13.8 Å². The number of rotatable bonds is 1. The Hall–Kier alpha value is -0.820. The third-order valence-electron chi connectivity index (χ3n) is 1.48. The summed E-state index contributed by atoms with van der Waals surface area (Å²) >= 11 is 0. The van der Waals surface area contributed by atoms with Crippen LogP contribution in [0.5, 0.6) is 0 Å². The van der Waals surface area contributed by atoms with E-state index in [1.807, 2.05) is 30.3 Å². The minimum atomic E-state index is -0.707. The van der Waals surface area contributed by atoms with E-state index < -0.39 is 5.60 Å². The van der Waals surface area contributed by atoms with Crippen LogP contribution in [0, 0.1) is 0 Å². The van der Waals surface area contributed by atoms with E-state index in [9.17, 15) is 5.11 Å². The van der Waals surface area contributed by atoms with E-state index in [1.165, 1.54) is 6.42 Å². The molecular weight excluding hydrogens is 160 g/mol. The number of hydrogen-bond acceptors (Lipinski definition) is 1. The van der Waals surface area contributed by atoms with Gasteiger partial charge in [-0.15, -0.1) is 0 Å². The highest BCUT2D eigenvalue weighted by atomic mass is 16.3. The summed E-state index contributed by atoms with van der Waals surface area (Å²) in [5.41, 5.74) is 0.247. The summed E-state index contributed by atoms with van der Waals surface area (Å²) in [6, 6.07) is 9.62. The summed E-state index contributed by atoms with van der Waals surface area (Å²) in [6.07, 6.45) is 1.25. The molecule has 74 valence electrons. The molecule has 1 aromatic rings. The van der Waals surface area contributed by atoms with E-state index in [-0.39, 0.29) is 0 Å². The van der Waals surface area contributed by atoms with Crippen molar-refractivity contribution in [3.63, 3.8) is 0 Å². The van der Waals surface area contributed by atoms with E-state index in [0.717, 1.165) is 5.56 Å². The van der Waals surface area contributed by atoms with Crippen molar-refractivity contribution in [2.45, 2.75) is 39.7 Å². The van der Waals surface area contributed by atoms with Crippen LogP contribution in [0.15, 0.2) is 30.3 Å². The lowest BCUT2D eigenvalue weighted by Crippen LogP contribution is -2.14. The molecule has 0 saturated carbocycles. The van der Waals surface area contributed by atoms with Gasteiger partial charge in [0.25, 0.3) is 0 Å². The zero-order valence-corrected chi connectivity index (χ0v) is 9.04. The van der Waals surface area contributed by atoms with Gasteiger partial charge in [0.05, 0.1) is 5.60 Å². The minimum Gasteiger partial charge on any atom is -0.386 e. The monoisotopic (exact) mass is 180 g/mol. The lowest BCUT2D eigenvalue weighted by Gasteiger charge is -2.16. The highest BCUT2D eigenvalue weighted by Crippen LogP contribution is 2.17. The average Bonchev–Trinajstić information content (AvgIpc) is 2.06. The molecule has 0 atom stereocenters. The first-order chi connectivity index (χ1) is 6.02. The number of benzene rings is 1. The van der Waals surface area contributed by atoms with Crippen molar-refractivity contribution >= 4 is 0 Å². The van der Waals surface area contributed by atoms with Gasteiger partial charge in [-0.2, -0.15) is 0 Å². The number of hydrogen-bond donors (Lipinski definition) is 1. The SMILES string of the molecule is CC(C)(O)c1ccccc1.CCC. The van der Waals surface area contributed by atoms with Crippen molar-refractivity contribution in [2.75, 3.05) is 0 Å². The molecule has 0 amide bonds. The van der Waals surface area contributed by atoms with Crippen molar-refractivity contribution in [2.24, 2.45) is 0 Å². The largest absolute Gasteiger partial charge is 0.386 e. The highest BCUT2D eigenvalue weighted by Gasteiger charge is 2.13. The zero-order valence-electron chi connectivity index (χ0n) is 9.04. The van der Waals surface area contributed by atoms with Gasteiger partial charge in [0, 0.05) is 0 Å². The lowest BCUT2D eigenvalue weighted by atomic mass is 9.99. The van der Waals surface area contributed by atoms with Gasteiger partial charge in [-0.3, -0.25) is 0 Å². The van der Waals surface area contributed by atoms with Gasteiger partial charge in [-0.1, -0.05) is 50.6 Å². The third-order valence-corrected chi connectivity index (χ3v) is 1.48. The topological polar surface area (TPSA) is 20.2 Å². The Morgan fingerprint density at radius 2 is 1.46 bits per heavy atom. The minimum absolute atomic E-state index is 0.707. The molecule has 13 heavy (non-hydrogen) atoms. The Bertz CT molecular complexity index is 208. The molecule has 0 heterocycles. The predicted molar refractivity (Wildman–Crippen MR) is 57.7 cm³/mol. The molecule has 0 unspecified atom stereocenters. The quantitative estimate of drug-likeness (QED) is 0.702. The van der Waals surface area contributed by atoms with Gasteiger partial charge in [-0.05, 0) is 19.4 Å². The van der Waals surface area contributed by atoms with Gasteiger partial charge in [0.1, 0.15) is 0 Å². The first-order valence-corrected chi connectivity index (χ1v) is 4.80. The van der Waals surface area contributed by atoms with Crippen LogP contribution in [0.4, 0.5) is 0 Å². The molecule has 0 bridgehead atoms. The molecule has 1 N–H and O–H groups in total. The Kier molecular flexibility index (Phi) is 5.40. The maximum atomic E-state index is 9.49. The molecule has 0 aromatic heterocycles. The van der Waals surface area contributed by atoms with Crippen molar-refractivity contribution in [3.05, 3.63) is 35.9 Å². The van der Waals surface area contributed by atoms with Gasteiger partial charge >= 0.3 is 0 Å². The van der Waals surface area contributed by atoms with Crippen LogP contribution in [0.3, 0.4) is 0 Å². The maximum Gasteiger partial charge on any atom is 0.0840 e. The summed E-state index contributed by atoms with van der Waals surface area (Å²) < 4.78 is 0. The molecule has 1 rings (SSSR count). The van der Waals surface area contributed by atoms with Gasteiger partial charge in [-0.25, -0.2) is 0 Å². The van der Waals surface area contributed by atoms with Crippen molar-refractivity contribution in [3.8, 4) is 0 Å².